The standard InChI is InChI=1S/C9H13N3S/c1-3-5-7-6-12-9(10-7)13-8(4-2)11-12/h6H,3-5H2,1-2H3. The molecule has 0 saturated carbocycles. The van der Waals surface area contributed by atoms with Gasteiger partial charge in [0.05, 0.1) is 11.9 Å². The van der Waals surface area contributed by atoms with Crippen molar-refractivity contribution in [1.29, 1.82) is 0 Å². The quantitative estimate of drug-likeness (QED) is 0.752. The van der Waals surface area contributed by atoms with Crippen LogP contribution in [0.25, 0.3) is 4.96 Å². The average molecular weight is 195 g/mol. The second kappa shape index (κ2) is 3.46. The summed E-state index contributed by atoms with van der Waals surface area (Å²) in [5, 5.41) is 5.56. The predicted octanol–water partition coefficient (Wildman–Crippen LogP) is 2.31. The highest BCUT2D eigenvalue weighted by Crippen LogP contribution is 2.15. The van der Waals surface area contributed by atoms with Gasteiger partial charge in [0.1, 0.15) is 5.01 Å². The Morgan fingerprint density at radius 2 is 2.31 bits per heavy atom. The van der Waals surface area contributed by atoms with Crippen molar-refractivity contribution < 1.29 is 0 Å². The van der Waals surface area contributed by atoms with Gasteiger partial charge in [-0.25, -0.2) is 9.50 Å². The summed E-state index contributed by atoms with van der Waals surface area (Å²) in [4.78, 5) is 5.52. The van der Waals surface area contributed by atoms with E-state index < -0.39 is 0 Å². The molecule has 3 nitrogen and oxygen atoms in total. The lowest BCUT2D eigenvalue weighted by Gasteiger charge is -1.86. The Labute approximate surface area is 81.4 Å². The molecule has 0 radical (unpaired) electrons. The third-order valence-electron chi connectivity index (χ3n) is 1.94. The molecule has 0 aromatic carbocycles. The largest absolute Gasteiger partial charge is 0.223 e. The number of imidazole rings is 1. The second-order valence-electron chi connectivity index (χ2n) is 3.06. The molecule has 0 bridgehead atoms. The molecule has 0 spiro atoms. The van der Waals surface area contributed by atoms with Crippen LogP contribution in [0, 0.1) is 0 Å². The first-order valence-corrected chi connectivity index (χ1v) is 5.49. The van der Waals surface area contributed by atoms with Gasteiger partial charge in [0.2, 0.25) is 4.96 Å². The lowest BCUT2D eigenvalue weighted by Crippen LogP contribution is -1.84. The number of fused-ring (bicyclic) bond motifs is 1. The van der Waals surface area contributed by atoms with Crippen LogP contribution in [0.15, 0.2) is 6.20 Å². The van der Waals surface area contributed by atoms with Crippen molar-refractivity contribution in [2.45, 2.75) is 33.1 Å². The highest BCUT2D eigenvalue weighted by molar-refractivity contribution is 7.16. The maximum atomic E-state index is 4.49. The van der Waals surface area contributed by atoms with E-state index in [9.17, 15) is 0 Å². The van der Waals surface area contributed by atoms with Gasteiger partial charge in [-0.2, -0.15) is 5.10 Å². The first-order valence-electron chi connectivity index (χ1n) is 4.67. The molecular formula is C9H13N3S. The number of hydrogen-bond acceptors (Lipinski definition) is 3. The fourth-order valence-electron chi connectivity index (χ4n) is 1.31. The molecule has 13 heavy (non-hydrogen) atoms. The topological polar surface area (TPSA) is 30.2 Å². The minimum Gasteiger partial charge on any atom is -0.223 e. The van der Waals surface area contributed by atoms with Crippen molar-refractivity contribution >= 4 is 16.3 Å². The molecule has 0 N–H and O–H groups in total. The first kappa shape index (κ1) is 8.69. The van der Waals surface area contributed by atoms with Crippen LogP contribution in [0.3, 0.4) is 0 Å². The number of aryl methyl sites for hydroxylation is 2. The van der Waals surface area contributed by atoms with Crippen molar-refractivity contribution in [2.75, 3.05) is 0 Å². The van der Waals surface area contributed by atoms with Gasteiger partial charge in [0.25, 0.3) is 0 Å². The van der Waals surface area contributed by atoms with Gasteiger partial charge in [-0.3, -0.25) is 0 Å². The third kappa shape index (κ3) is 1.58. The monoisotopic (exact) mass is 195 g/mol. The predicted molar refractivity (Wildman–Crippen MR) is 54.2 cm³/mol. The molecule has 0 aliphatic rings. The minimum absolute atomic E-state index is 0.997. The Balaban J connectivity index is 2.36. The van der Waals surface area contributed by atoms with Gasteiger partial charge in [0, 0.05) is 0 Å². The SMILES string of the molecule is CCCc1cn2nc(CC)sc2n1. The van der Waals surface area contributed by atoms with Crippen molar-refractivity contribution in [1.82, 2.24) is 14.6 Å². The van der Waals surface area contributed by atoms with Gasteiger partial charge in [-0.1, -0.05) is 31.6 Å². The Morgan fingerprint density at radius 3 is 2.92 bits per heavy atom. The molecule has 4 heteroatoms. The first-order chi connectivity index (χ1) is 6.33. The zero-order valence-corrected chi connectivity index (χ0v) is 8.77. The number of hydrogen-bond donors (Lipinski definition) is 0. The molecule has 2 rings (SSSR count). The molecule has 70 valence electrons. The van der Waals surface area contributed by atoms with Crippen molar-refractivity contribution in [2.24, 2.45) is 0 Å². The second-order valence-corrected chi connectivity index (χ2v) is 4.10. The molecule has 0 aliphatic carbocycles. The summed E-state index contributed by atoms with van der Waals surface area (Å²) in [6.45, 7) is 4.28. The molecular weight excluding hydrogens is 182 g/mol. The summed E-state index contributed by atoms with van der Waals surface area (Å²) >= 11 is 1.68. The van der Waals surface area contributed by atoms with Crippen LogP contribution in [0.4, 0.5) is 0 Å². The van der Waals surface area contributed by atoms with Crippen LogP contribution in [0.5, 0.6) is 0 Å². The molecule has 0 atom stereocenters. The van der Waals surface area contributed by atoms with Crippen LogP contribution in [-0.2, 0) is 12.8 Å². The Hall–Kier alpha value is -0.900. The van der Waals surface area contributed by atoms with E-state index in [1.807, 2.05) is 10.7 Å². The molecule has 0 fully saturated rings. The van der Waals surface area contributed by atoms with Crippen LogP contribution in [0.1, 0.15) is 31.0 Å². The molecule has 0 saturated heterocycles. The maximum absolute atomic E-state index is 4.49. The van der Waals surface area contributed by atoms with E-state index in [4.69, 9.17) is 0 Å². The Morgan fingerprint density at radius 1 is 1.46 bits per heavy atom. The third-order valence-corrected chi connectivity index (χ3v) is 3.01. The molecule has 2 heterocycles. The van der Waals surface area contributed by atoms with E-state index in [0.29, 0.717) is 0 Å². The van der Waals surface area contributed by atoms with Gasteiger partial charge < -0.3 is 0 Å². The smallest absolute Gasteiger partial charge is 0.212 e. The van der Waals surface area contributed by atoms with E-state index in [0.717, 1.165) is 34.9 Å². The fraction of sp³-hybridized carbons (Fsp3) is 0.556. The lowest BCUT2D eigenvalue weighted by atomic mass is 10.3. The molecule has 2 aromatic rings. The zero-order valence-electron chi connectivity index (χ0n) is 7.95. The Bertz CT molecular complexity index is 370. The van der Waals surface area contributed by atoms with Gasteiger partial charge in [-0.15, -0.1) is 0 Å². The zero-order chi connectivity index (χ0) is 9.26. The average Bonchev–Trinajstić information content (AvgIpc) is 2.61. The van der Waals surface area contributed by atoms with E-state index in [2.05, 4.69) is 23.9 Å². The molecule has 0 amide bonds. The molecule has 2 aromatic heterocycles. The van der Waals surface area contributed by atoms with Crippen molar-refractivity contribution in [3.05, 3.63) is 16.9 Å². The molecule has 0 unspecified atom stereocenters. The van der Waals surface area contributed by atoms with E-state index in [1.54, 1.807) is 11.3 Å². The Kier molecular flexibility index (Phi) is 2.31. The van der Waals surface area contributed by atoms with Gasteiger partial charge in [0.15, 0.2) is 0 Å². The summed E-state index contributed by atoms with van der Waals surface area (Å²) in [6, 6.07) is 0. The minimum atomic E-state index is 0.997. The summed E-state index contributed by atoms with van der Waals surface area (Å²) in [5.41, 5.74) is 1.16. The van der Waals surface area contributed by atoms with E-state index in [1.165, 1.54) is 0 Å². The number of aromatic nitrogens is 3. The highest BCUT2D eigenvalue weighted by atomic mass is 32.1. The number of nitrogens with zero attached hydrogens (tertiary/aromatic N) is 3. The summed E-state index contributed by atoms with van der Waals surface area (Å²) in [7, 11) is 0. The van der Waals surface area contributed by atoms with Crippen molar-refractivity contribution in [3.8, 4) is 0 Å². The van der Waals surface area contributed by atoms with Crippen LogP contribution in [-0.4, -0.2) is 14.6 Å². The lowest BCUT2D eigenvalue weighted by molar-refractivity contribution is 0.876. The maximum Gasteiger partial charge on any atom is 0.212 e. The fourth-order valence-corrected chi connectivity index (χ4v) is 2.14. The van der Waals surface area contributed by atoms with E-state index >= 15 is 0 Å². The van der Waals surface area contributed by atoms with E-state index in [-0.39, 0.29) is 0 Å². The van der Waals surface area contributed by atoms with Crippen LogP contribution in [0.2, 0.25) is 0 Å². The van der Waals surface area contributed by atoms with Gasteiger partial charge in [-0.05, 0) is 12.8 Å². The summed E-state index contributed by atoms with van der Waals surface area (Å²) in [5.74, 6) is 0. The summed E-state index contributed by atoms with van der Waals surface area (Å²) < 4.78 is 1.90. The normalized spacial score (nSPS) is 11.2. The molecule has 0 aliphatic heterocycles. The van der Waals surface area contributed by atoms with Crippen LogP contribution >= 0.6 is 11.3 Å². The van der Waals surface area contributed by atoms with Gasteiger partial charge >= 0.3 is 0 Å². The summed E-state index contributed by atoms with van der Waals surface area (Å²) in [6.07, 6.45) is 5.23. The highest BCUT2D eigenvalue weighted by Gasteiger charge is 2.05. The van der Waals surface area contributed by atoms with Crippen LogP contribution < -0.4 is 0 Å². The van der Waals surface area contributed by atoms with Crippen molar-refractivity contribution in [3.63, 3.8) is 0 Å². The number of rotatable bonds is 3.